The van der Waals surface area contributed by atoms with Crippen LogP contribution in [-0.4, -0.2) is 41.9 Å². The summed E-state index contributed by atoms with van der Waals surface area (Å²) in [6.07, 6.45) is 2.24. The third-order valence-electron chi connectivity index (χ3n) is 3.75. The Balaban J connectivity index is 1.70. The number of ether oxygens (including phenoxy) is 1. The maximum absolute atomic E-state index is 5.72. The molecular weight excluding hydrogens is 274 g/mol. The van der Waals surface area contributed by atoms with Gasteiger partial charge >= 0.3 is 0 Å². The van der Waals surface area contributed by atoms with Gasteiger partial charge in [0.2, 0.25) is 5.95 Å². The van der Waals surface area contributed by atoms with Gasteiger partial charge in [0.25, 0.3) is 0 Å². The molecule has 0 bridgehead atoms. The van der Waals surface area contributed by atoms with E-state index in [9.17, 15) is 0 Å². The number of hydrogen-bond acceptors (Lipinski definition) is 6. The molecule has 0 unspecified atom stereocenters. The van der Waals surface area contributed by atoms with E-state index in [0.29, 0.717) is 5.92 Å². The maximum atomic E-state index is 5.72. The summed E-state index contributed by atoms with van der Waals surface area (Å²) < 4.78 is 5.19. The van der Waals surface area contributed by atoms with Crippen molar-refractivity contribution in [2.45, 2.75) is 12.8 Å². The Bertz CT molecular complexity index is 559. The van der Waals surface area contributed by atoms with Crippen molar-refractivity contribution < 1.29 is 4.74 Å². The fourth-order valence-corrected chi connectivity index (χ4v) is 3.22. The van der Waals surface area contributed by atoms with Gasteiger partial charge in [-0.05, 0) is 25.3 Å². The number of methoxy groups -OCH3 is 1. The van der Waals surface area contributed by atoms with Crippen LogP contribution < -0.4 is 15.4 Å². The van der Waals surface area contributed by atoms with E-state index < -0.39 is 0 Å². The summed E-state index contributed by atoms with van der Waals surface area (Å²) in [5, 5.41) is 9.30. The van der Waals surface area contributed by atoms with Gasteiger partial charge in [0.05, 0.1) is 12.0 Å². The molecule has 0 amide bonds. The second kappa shape index (κ2) is 5.80. The summed E-state index contributed by atoms with van der Waals surface area (Å²) in [6, 6.07) is 1.97. The van der Waals surface area contributed by atoms with Crippen LogP contribution >= 0.6 is 11.3 Å². The lowest BCUT2D eigenvalue weighted by Crippen LogP contribution is -2.36. The van der Waals surface area contributed by atoms with Gasteiger partial charge in [-0.25, -0.2) is 0 Å². The zero-order valence-corrected chi connectivity index (χ0v) is 12.3. The summed E-state index contributed by atoms with van der Waals surface area (Å²) in [7, 11) is 1.67. The summed E-state index contributed by atoms with van der Waals surface area (Å²) in [5.41, 5.74) is 5.72. The molecule has 0 saturated carbocycles. The van der Waals surface area contributed by atoms with E-state index in [0.717, 1.165) is 54.9 Å². The number of nitrogens with two attached hydrogens (primary N) is 1. The lowest BCUT2D eigenvalue weighted by molar-refractivity contribution is 0.411. The number of H-pyrrole nitrogens is 1. The molecule has 0 atom stereocenters. The van der Waals surface area contributed by atoms with Crippen molar-refractivity contribution in [1.29, 1.82) is 0 Å². The first kappa shape index (κ1) is 13.4. The Kier molecular flexibility index (Phi) is 3.88. The van der Waals surface area contributed by atoms with Crippen LogP contribution in [-0.2, 0) is 0 Å². The fourth-order valence-electron chi connectivity index (χ4n) is 2.42. The van der Waals surface area contributed by atoms with Gasteiger partial charge < -0.3 is 15.4 Å². The monoisotopic (exact) mass is 293 g/mol. The van der Waals surface area contributed by atoms with Crippen LogP contribution in [0.15, 0.2) is 11.4 Å². The minimum atomic E-state index is 0.645. The van der Waals surface area contributed by atoms with Crippen LogP contribution in [0.3, 0.4) is 0 Å². The first-order chi connectivity index (χ1) is 9.80. The van der Waals surface area contributed by atoms with Crippen molar-refractivity contribution in [3.05, 3.63) is 11.4 Å². The van der Waals surface area contributed by atoms with Gasteiger partial charge in [0.15, 0.2) is 5.82 Å². The smallest absolute Gasteiger partial charge is 0.245 e. The molecule has 0 radical (unpaired) electrons. The Hall–Kier alpha value is -1.60. The molecule has 20 heavy (non-hydrogen) atoms. The van der Waals surface area contributed by atoms with Crippen molar-refractivity contribution in [1.82, 2.24) is 15.2 Å². The highest BCUT2D eigenvalue weighted by Crippen LogP contribution is 2.30. The van der Waals surface area contributed by atoms with Crippen molar-refractivity contribution in [3.63, 3.8) is 0 Å². The third-order valence-corrected chi connectivity index (χ3v) is 4.66. The quantitative estimate of drug-likeness (QED) is 0.897. The second-order valence-electron chi connectivity index (χ2n) is 5.00. The number of thiophene rings is 1. The number of aromatic nitrogens is 3. The molecule has 1 aliphatic rings. The van der Waals surface area contributed by atoms with E-state index in [1.54, 1.807) is 18.4 Å². The van der Waals surface area contributed by atoms with Crippen LogP contribution in [0.2, 0.25) is 0 Å². The molecule has 7 heteroatoms. The van der Waals surface area contributed by atoms with Gasteiger partial charge in [-0.3, -0.25) is 5.10 Å². The van der Waals surface area contributed by atoms with Crippen molar-refractivity contribution in [3.8, 4) is 16.5 Å². The molecule has 0 aliphatic carbocycles. The van der Waals surface area contributed by atoms with E-state index in [4.69, 9.17) is 10.5 Å². The minimum Gasteiger partial charge on any atom is -0.496 e. The number of hydrogen-bond donors (Lipinski definition) is 2. The summed E-state index contributed by atoms with van der Waals surface area (Å²) in [5.74, 6) is 3.08. The number of nitrogens with one attached hydrogen (secondary N) is 1. The van der Waals surface area contributed by atoms with Gasteiger partial charge in [0.1, 0.15) is 5.75 Å². The fraction of sp³-hybridized carbons (Fsp3) is 0.538. The van der Waals surface area contributed by atoms with Crippen molar-refractivity contribution >= 4 is 17.3 Å². The molecular formula is C13H19N5OS. The topological polar surface area (TPSA) is 80.1 Å². The molecule has 1 saturated heterocycles. The van der Waals surface area contributed by atoms with Gasteiger partial charge in [-0.1, -0.05) is 0 Å². The SMILES string of the molecule is COc1csc(-c2nc(N3CCC(CN)CC3)n[nH]2)c1. The molecule has 3 rings (SSSR count). The van der Waals surface area contributed by atoms with Crippen LogP contribution in [0.5, 0.6) is 5.75 Å². The first-order valence-electron chi connectivity index (χ1n) is 6.80. The highest BCUT2D eigenvalue weighted by Gasteiger charge is 2.21. The van der Waals surface area contributed by atoms with Gasteiger partial charge in [-0.2, -0.15) is 4.98 Å². The second-order valence-corrected chi connectivity index (χ2v) is 5.91. The molecule has 2 aromatic heterocycles. The molecule has 6 nitrogen and oxygen atoms in total. The summed E-state index contributed by atoms with van der Waals surface area (Å²) >= 11 is 1.60. The average Bonchev–Trinajstić information content (AvgIpc) is 3.16. The molecule has 108 valence electrons. The molecule has 3 N–H and O–H groups in total. The summed E-state index contributed by atoms with van der Waals surface area (Å²) in [6.45, 7) is 2.74. The number of aromatic amines is 1. The highest BCUT2D eigenvalue weighted by molar-refractivity contribution is 7.13. The Labute approximate surface area is 122 Å². The Morgan fingerprint density at radius 2 is 2.30 bits per heavy atom. The molecule has 2 aromatic rings. The van der Waals surface area contributed by atoms with Crippen LogP contribution in [0.4, 0.5) is 5.95 Å². The lowest BCUT2D eigenvalue weighted by Gasteiger charge is -2.30. The van der Waals surface area contributed by atoms with E-state index >= 15 is 0 Å². The van der Waals surface area contributed by atoms with E-state index in [1.165, 1.54) is 0 Å². The first-order valence-corrected chi connectivity index (χ1v) is 7.68. The van der Waals surface area contributed by atoms with Gasteiger partial charge in [0, 0.05) is 24.5 Å². The predicted octanol–water partition coefficient (Wildman–Crippen LogP) is 1.72. The zero-order chi connectivity index (χ0) is 13.9. The van der Waals surface area contributed by atoms with E-state index in [1.807, 2.05) is 11.4 Å². The van der Waals surface area contributed by atoms with Crippen LogP contribution in [0.1, 0.15) is 12.8 Å². The largest absolute Gasteiger partial charge is 0.496 e. The molecule has 1 aliphatic heterocycles. The van der Waals surface area contributed by atoms with Gasteiger partial charge in [-0.15, -0.1) is 16.4 Å². The van der Waals surface area contributed by atoms with E-state index in [2.05, 4.69) is 20.1 Å². The molecule has 0 spiro atoms. The van der Waals surface area contributed by atoms with Crippen molar-refractivity contribution in [2.24, 2.45) is 11.7 Å². The molecule has 3 heterocycles. The third kappa shape index (κ3) is 2.64. The highest BCUT2D eigenvalue weighted by atomic mass is 32.1. The van der Waals surface area contributed by atoms with Crippen molar-refractivity contribution in [2.75, 3.05) is 31.6 Å². The Morgan fingerprint density at radius 3 is 2.95 bits per heavy atom. The minimum absolute atomic E-state index is 0.645. The Morgan fingerprint density at radius 1 is 1.50 bits per heavy atom. The lowest BCUT2D eigenvalue weighted by atomic mass is 9.97. The summed E-state index contributed by atoms with van der Waals surface area (Å²) in [4.78, 5) is 7.84. The predicted molar refractivity (Wildman–Crippen MR) is 80.2 cm³/mol. The number of anilines is 1. The maximum Gasteiger partial charge on any atom is 0.245 e. The number of piperidine rings is 1. The van der Waals surface area contributed by atoms with Crippen LogP contribution in [0, 0.1) is 5.92 Å². The zero-order valence-electron chi connectivity index (χ0n) is 11.5. The van der Waals surface area contributed by atoms with E-state index in [-0.39, 0.29) is 0 Å². The number of rotatable bonds is 4. The molecule has 1 fully saturated rings. The van der Waals surface area contributed by atoms with Crippen LogP contribution in [0.25, 0.3) is 10.7 Å². The molecule has 0 aromatic carbocycles. The normalized spacial score (nSPS) is 16.6. The standard InChI is InChI=1S/C13H19N5OS/c1-19-10-6-11(20-8-10)12-15-13(17-16-12)18-4-2-9(7-14)3-5-18/h6,8-9H,2-5,7,14H2,1H3,(H,15,16,17). The average molecular weight is 293 g/mol. The number of nitrogens with zero attached hydrogens (tertiary/aromatic N) is 3.